The molecule has 2 nitrogen and oxygen atoms in total. The minimum atomic E-state index is 0.235. The Kier molecular flexibility index (Phi) is 4.61. The molecule has 2 N–H and O–H groups in total. The SMILES string of the molecule is CC(N[C@@H](C)c1ccc(Br)cc1)c1ccc(O)cc1. The molecule has 3 heteroatoms. The van der Waals surface area contributed by atoms with Gasteiger partial charge >= 0.3 is 0 Å². The molecule has 0 aliphatic rings. The zero-order chi connectivity index (χ0) is 13.8. The highest BCUT2D eigenvalue weighted by Gasteiger charge is 2.10. The summed E-state index contributed by atoms with van der Waals surface area (Å²) in [6.07, 6.45) is 0. The molecule has 2 atom stereocenters. The van der Waals surface area contributed by atoms with Gasteiger partial charge in [0, 0.05) is 16.6 Å². The maximum atomic E-state index is 9.30. The first kappa shape index (κ1) is 14.1. The summed E-state index contributed by atoms with van der Waals surface area (Å²) in [6.45, 7) is 4.28. The molecule has 0 amide bonds. The molecular weight excluding hydrogens is 302 g/mol. The zero-order valence-electron chi connectivity index (χ0n) is 11.1. The van der Waals surface area contributed by atoms with Gasteiger partial charge < -0.3 is 10.4 Å². The van der Waals surface area contributed by atoms with E-state index in [1.54, 1.807) is 12.1 Å². The van der Waals surface area contributed by atoms with Gasteiger partial charge in [0.1, 0.15) is 5.75 Å². The van der Waals surface area contributed by atoms with Gasteiger partial charge in [-0.25, -0.2) is 0 Å². The molecule has 0 saturated carbocycles. The highest BCUT2D eigenvalue weighted by Crippen LogP contribution is 2.22. The van der Waals surface area contributed by atoms with E-state index in [1.807, 2.05) is 12.1 Å². The second kappa shape index (κ2) is 6.22. The number of hydrogen-bond donors (Lipinski definition) is 2. The Bertz CT molecular complexity index is 472. The minimum Gasteiger partial charge on any atom is -0.508 e. The average molecular weight is 320 g/mol. The largest absolute Gasteiger partial charge is 0.508 e. The lowest BCUT2D eigenvalue weighted by molar-refractivity contribution is 0.472. The fourth-order valence-corrected chi connectivity index (χ4v) is 2.35. The van der Waals surface area contributed by atoms with Gasteiger partial charge in [-0.2, -0.15) is 0 Å². The molecule has 2 aromatic carbocycles. The summed E-state index contributed by atoms with van der Waals surface area (Å²) >= 11 is 3.44. The van der Waals surface area contributed by atoms with Crippen LogP contribution in [0.15, 0.2) is 53.0 Å². The van der Waals surface area contributed by atoms with Crippen molar-refractivity contribution >= 4 is 15.9 Å². The van der Waals surface area contributed by atoms with Crippen molar-refractivity contribution in [2.45, 2.75) is 25.9 Å². The van der Waals surface area contributed by atoms with Crippen LogP contribution in [-0.4, -0.2) is 5.11 Å². The molecule has 0 aromatic heterocycles. The van der Waals surface area contributed by atoms with Gasteiger partial charge in [-0.3, -0.25) is 0 Å². The summed E-state index contributed by atoms with van der Waals surface area (Å²) in [7, 11) is 0. The summed E-state index contributed by atoms with van der Waals surface area (Å²) in [5.41, 5.74) is 2.43. The van der Waals surface area contributed by atoms with Gasteiger partial charge in [-0.15, -0.1) is 0 Å². The van der Waals surface area contributed by atoms with Crippen LogP contribution in [0.5, 0.6) is 5.75 Å². The van der Waals surface area contributed by atoms with Gasteiger partial charge in [0.15, 0.2) is 0 Å². The van der Waals surface area contributed by atoms with Crippen LogP contribution in [0.2, 0.25) is 0 Å². The molecule has 2 rings (SSSR count). The zero-order valence-corrected chi connectivity index (χ0v) is 12.7. The second-order valence-corrected chi connectivity index (χ2v) is 5.67. The van der Waals surface area contributed by atoms with Crippen LogP contribution < -0.4 is 5.32 Å². The summed E-state index contributed by atoms with van der Waals surface area (Å²) in [6, 6.07) is 16.2. The normalized spacial score (nSPS) is 14.1. The molecular formula is C16H18BrNO. The van der Waals surface area contributed by atoms with Gasteiger partial charge in [-0.05, 0) is 49.2 Å². The molecule has 0 fully saturated rings. The van der Waals surface area contributed by atoms with Crippen LogP contribution >= 0.6 is 15.9 Å². The highest BCUT2D eigenvalue weighted by atomic mass is 79.9. The van der Waals surface area contributed by atoms with Crippen LogP contribution in [0.3, 0.4) is 0 Å². The number of benzene rings is 2. The molecule has 2 aromatic rings. The first-order chi connectivity index (χ1) is 9.06. The molecule has 0 saturated heterocycles. The molecule has 0 aliphatic carbocycles. The first-order valence-electron chi connectivity index (χ1n) is 6.36. The topological polar surface area (TPSA) is 32.3 Å². The van der Waals surface area contributed by atoms with Crippen molar-refractivity contribution in [3.05, 3.63) is 64.1 Å². The summed E-state index contributed by atoms with van der Waals surface area (Å²) in [4.78, 5) is 0. The lowest BCUT2D eigenvalue weighted by Crippen LogP contribution is -2.22. The maximum absolute atomic E-state index is 9.30. The highest BCUT2D eigenvalue weighted by molar-refractivity contribution is 9.10. The van der Waals surface area contributed by atoms with Crippen LogP contribution in [0, 0.1) is 0 Å². The Balaban J connectivity index is 2.03. The van der Waals surface area contributed by atoms with Crippen LogP contribution in [-0.2, 0) is 0 Å². The third-order valence-electron chi connectivity index (χ3n) is 3.26. The molecule has 100 valence electrons. The fraction of sp³-hybridized carbons (Fsp3) is 0.250. The first-order valence-corrected chi connectivity index (χ1v) is 7.16. The lowest BCUT2D eigenvalue weighted by Gasteiger charge is -2.21. The van der Waals surface area contributed by atoms with E-state index in [1.165, 1.54) is 11.1 Å². The number of halogens is 1. The Morgan fingerprint density at radius 2 is 1.26 bits per heavy atom. The van der Waals surface area contributed by atoms with Crippen molar-refractivity contribution < 1.29 is 5.11 Å². The van der Waals surface area contributed by atoms with Gasteiger partial charge in [0.2, 0.25) is 0 Å². The Morgan fingerprint density at radius 1 is 0.842 bits per heavy atom. The monoisotopic (exact) mass is 319 g/mol. The summed E-state index contributed by atoms with van der Waals surface area (Å²) in [5.74, 6) is 0.303. The Labute approximate surface area is 122 Å². The Hall–Kier alpha value is -1.32. The minimum absolute atomic E-state index is 0.235. The average Bonchev–Trinajstić information content (AvgIpc) is 2.40. The van der Waals surface area contributed by atoms with Crippen LogP contribution in [0.1, 0.15) is 37.1 Å². The molecule has 0 heterocycles. The summed E-state index contributed by atoms with van der Waals surface area (Å²) < 4.78 is 1.09. The van der Waals surface area contributed by atoms with Gasteiger partial charge in [0.25, 0.3) is 0 Å². The van der Waals surface area contributed by atoms with E-state index in [-0.39, 0.29) is 12.1 Å². The number of phenolic OH excluding ortho intramolecular Hbond substituents is 1. The van der Waals surface area contributed by atoms with Crippen LogP contribution in [0.4, 0.5) is 0 Å². The molecule has 0 bridgehead atoms. The van der Waals surface area contributed by atoms with Crippen molar-refractivity contribution in [3.63, 3.8) is 0 Å². The van der Waals surface area contributed by atoms with E-state index >= 15 is 0 Å². The van der Waals surface area contributed by atoms with Crippen molar-refractivity contribution in [2.75, 3.05) is 0 Å². The number of aromatic hydroxyl groups is 1. The van der Waals surface area contributed by atoms with E-state index in [0.29, 0.717) is 5.75 Å². The van der Waals surface area contributed by atoms with E-state index in [0.717, 1.165) is 4.47 Å². The number of nitrogens with one attached hydrogen (secondary N) is 1. The van der Waals surface area contributed by atoms with Crippen molar-refractivity contribution in [2.24, 2.45) is 0 Å². The smallest absolute Gasteiger partial charge is 0.115 e. The molecule has 19 heavy (non-hydrogen) atoms. The van der Waals surface area contributed by atoms with E-state index in [9.17, 15) is 5.11 Å². The predicted molar refractivity (Wildman–Crippen MR) is 82.2 cm³/mol. The van der Waals surface area contributed by atoms with E-state index < -0.39 is 0 Å². The van der Waals surface area contributed by atoms with Gasteiger partial charge in [0.05, 0.1) is 0 Å². The van der Waals surface area contributed by atoms with Crippen molar-refractivity contribution in [1.29, 1.82) is 0 Å². The lowest BCUT2D eigenvalue weighted by atomic mass is 10.0. The quantitative estimate of drug-likeness (QED) is 0.865. The number of rotatable bonds is 4. The summed E-state index contributed by atoms with van der Waals surface area (Å²) in [5, 5.41) is 12.9. The predicted octanol–water partition coefficient (Wildman–Crippen LogP) is 4.57. The fourth-order valence-electron chi connectivity index (χ4n) is 2.08. The van der Waals surface area contributed by atoms with Crippen LogP contribution in [0.25, 0.3) is 0 Å². The standard InChI is InChI=1S/C16H18BrNO/c1-11(13-3-7-15(17)8-4-13)18-12(2)14-5-9-16(19)10-6-14/h3-12,18-19H,1-2H3/t11-,12?/m0/s1. The third kappa shape index (κ3) is 3.82. The van der Waals surface area contributed by atoms with E-state index in [2.05, 4.69) is 59.4 Å². The Morgan fingerprint density at radius 3 is 1.74 bits per heavy atom. The molecule has 0 spiro atoms. The van der Waals surface area contributed by atoms with E-state index in [4.69, 9.17) is 0 Å². The number of phenols is 1. The molecule has 0 radical (unpaired) electrons. The maximum Gasteiger partial charge on any atom is 0.115 e. The second-order valence-electron chi connectivity index (χ2n) is 4.75. The van der Waals surface area contributed by atoms with Crippen molar-refractivity contribution in [1.82, 2.24) is 5.32 Å². The van der Waals surface area contributed by atoms with Gasteiger partial charge in [-0.1, -0.05) is 40.2 Å². The van der Waals surface area contributed by atoms with Crippen molar-refractivity contribution in [3.8, 4) is 5.75 Å². The third-order valence-corrected chi connectivity index (χ3v) is 3.79. The molecule has 0 aliphatic heterocycles. The molecule has 1 unspecified atom stereocenters. The number of hydrogen-bond acceptors (Lipinski definition) is 2.